The van der Waals surface area contributed by atoms with E-state index >= 15 is 0 Å². The van der Waals surface area contributed by atoms with Crippen LogP contribution in [0.15, 0.2) is 17.5 Å². The standard InChI is InChI=1S/C12H15N3O5S/c1-15(11(18)8-3-2-4-21-8)6-10(17)14-7(12(19)20)5-9(13)16/h2-4,7H,5-6H2,1H3,(H2,13,16)(H,14,17)(H,19,20)/t7-/m0/s1. The van der Waals surface area contributed by atoms with E-state index in [1.165, 1.54) is 18.4 Å². The van der Waals surface area contributed by atoms with Crippen molar-refractivity contribution in [3.8, 4) is 0 Å². The van der Waals surface area contributed by atoms with E-state index in [1.54, 1.807) is 17.5 Å². The Hall–Kier alpha value is -2.42. The number of hydrogen-bond donors (Lipinski definition) is 3. The first-order chi connectivity index (χ1) is 9.81. The summed E-state index contributed by atoms with van der Waals surface area (Å²) in [5, 5.41) is 12.7. The van der Waals surface area contributed by atoms with Crippen molar-refractivity contribution in [1.82, 2.24) is 10.2 Å². The number of rotatable bonds is 7. The van der Waals surface area contributed by atoms with E-state index < -0.39 is 30.2 Å². The number of hydrogen-bond acceptors (Lipinski definition) is 5. The highest BCUT2D eigenvalue weighted by Crippen LogP contribution is 2.10. The number of carbonyl (C=O) groups excluding carboxylic acids is 3. The summed E-state index contributed by atoms with van der Waals surface area (Å²) in [7, 11) is 1.42. The van der Waals surface area contributed by atoms with Crippen molar-refractivity contribution in [3.05, 3.63) is 22.4 Å². The third-order valence-electron chi connectivity index (χ3n) is 2.50. The second-order valence-corrected chi connectivity index (χ2v) is 5.21. The van der Waals surface area contributed by atoms with Crippen LogP contribution in [0, 0.1) is 0 Å². The lowest BCUT2D eigenvalue weighted by molar-refractivity contribution is -0.143. The number of likely N-dealkylation sites (N-methyl/N-ethyl adjacent to an activating group) is 1. The van der Waals surface area contributed by atoms with Gasteiger partial charge in [0.2, 0.25) is 11.8 Å². The lowest BCUT2D eigenvalue weighted by atomic mass is 10.2. The molecule has 1 heterocycles. The first-order valence-electron chi connectivity index (χ1n) is 5.90. The molecular weight excluding hydrogens is 298 g/mol. The maximum atomic E-state index is 11.9. The topological polar surface area (TPSA) is 130 Å². The summed E-state index contributed by atoms with van der Waals surface area (Å²) in [5.41, 5.74) is 4.90. The molecule has 0 aliphatic carbocycles. The highest BCUT2D eigenvalue weighted by atomic mass is 32.1. The van der Waals surface area contributed by atoms with Gasteiger partial charge in [0.1, 0.15) is 6.04 Å². The van der Waals surface area contributed by atoms with Gasteiger partial charge in [0.15, 0.2) is 0 Å². The Kier molecular flexibility index (Phi) is 5.85. The molecule has 0 saturated heterocycles. The van der Waals surface area contributed by atoms with Gasteiger partial charge in [0.25, 0.3) is 5.91 Å². The molecule has 1 aromatic rings. The molecule has 0 bridgehead atoms. The number of carboxylic acids is 1. The predicted molar refractivity (Wildman–Crippen MR) is 74.7 cm³/mol. The van der Waals surface area contributed by atoms with Crippen LogP contribution in [0.3, 0.4) is 0 Å². The molecule has 0 aliphatic rings. The molecule has 21 heavy (non-hydrogen) atoms. The van der Waals surface area contributed by atoms with Gasteiger partial charge in [-0.1, -0.05) is 6.07 Å². The van der Waals surface area contributed by atoms with Crippen LogP contribution in [0.2, 0.25) is 0 Å². The summed E-state index contributed by atoms with van der Waals surface area (Å²) >= 11 is 1.24. The molecule has 4 N–H and O–H groups in total. The molecule has 1 atom stereocenters. The van der Waals surface area contributed by atoms with Crippen molar-refractivity contribution in [3.63, 3.8) is 0 Å². The predicted octanol–water partition coefficient (Wildman–Crippen LogP) is -0.735. The van der Waals surface area contributed by atoms with E-state index in [4.69, 9.17) is 10.8 Å². The molecule has 1 aromatic heterocycles. The third kappa shape index (κ3) is 5.22. The van der Waals surface area contributed by atoms with Crippen molar-refractivity contribution < 1.29 is 24.3 Å². The van der Waals surface area contributed by atoms with E-state index in [0.717, 1.165) is 4.90 Å². The van der Waals surface area contributed by atoms with Crippen LogP contribution in [0.5, 0.6) is 0 Å². The van der Waals surface area contributed by atoms with Gasteiger partial charge in [-0.15, -0.1) is 11.3 Å². The first kappa shape index (κ1) is 16.6. The van der Waals surface area contributed by atoms with Gasteiger partial charge in [-0.2, -0.15) is 0 Å². The number of carbonyl (C=O) groups is 4. The minimum atomic E-state index is -1.40. The van der Waals surface area contributed by atoms with Gasteiger partial charge in [0, 0.05) is 7.05 Å². The fourth-order valence-electron chi connectivity index (χ4n) is 1.52. The normalized spacial score (nSPS) is 11.5. The number of nitrogens with zero attached hydrogens (tertiary/aromatic N) is 1. The Bertz CT molecular complexity index is 543. The summed E-state index contributed by atoms with van der Waals surface area (Å²) in [4.78, 5) is 46.8. The van der Waals surface area contributed by atoms with E-state index in [-0.39, 0.29) is 12.5 Å². The van der Waals surface area contributed by atoms with Gasteiger partial charge in [-0.3, -0.25) is 14.4 Å². The Morgan fingerprint density at radius 2 is 2.10 bits per heavy atom. The molecule has 8 nitrogen and oxygen atoms in total. The minimum Gasteiger partial charge on any atom is -0.480 e. The van der Waals surface area contributed by atoms with Crippen LogP contribution in [-0.4, -0.2) is 53.3 Å². The summed E-state index contributed by atoms with van der Waals surface area (Å²) < 4.78 is 0. The summed E-state index contributed by atoms with van der Waals surface area (Å²) in [6.45, 7) is -0.320. The molecule has 0 saturated carbocycles. The maximum Gasteiger partial charge on any atom is 0.326 e. The average molecular weight is 313 g/mol. The molecule has 0 aromatic carbocycles. The highest BCUT2D eigenvalue weighted by molar-refractivity contribution is 7.12. The zero-order chi connectivity index (χ0) is 16.0. The smallest absolute Gasteiger partial charge is 0.326 e. The maximum absolute atomic E-state index is 11.9. The van der Waals surface area contributed by atoms with Crippen LogP contribution in [-0.2, 0) is 14.4 Å². The van der Waals surface area contributed by atoms with Crippen LogP contribution in [0.4, 0.5) is 0 Å². The zero-order valence-corrected chi connectivity index (χ0v) is 12.1. The second kappa shape index (κ2) is 7.39. The molecule has 1 rings (SSSR count). The van der Waals surface area contributed by atoms with E-state index in [0.29, 0.717) is 4.88 Å². The monoisotopic (exact) mass is 313 g/mol. The molecule has 0 aliphatic heterocycles. The third-order valence-corrected chi connectivity index (χ3v) is 3.36. The van der Waals surface area contributed by atoms with E-state index in [9.17, 15) is 19.2 Å². The van der Waals surface area contributed by atoms with E-state index in [1.807, 2.05) is 0 Å². The molecule has 0 spiro atoms. The molecule has 0 unspecified atom stereocenters. The lowest BCUT2D eigenvalue weighted by Gasteiger charge is -2.18. The van der Waals surface area contributed by atoms with Gasteiger partial charge in [0.05, 0.1) is 17.8 Å². The highest BCUT2D eigenvalue weighted by Gasteiger charge is 2.23. The fourth-order valence-corrected chi connectivity index (χ4v) is 2.23. The van der Waals surface area contributed by atoms with Crippen molar-refractivity contribution >= 4 is 35.0 Å². The van der Waals surface area contributed by atoms with Crippen molar-refractivity contribution in [2.45, 2.75) is 12.5 Å². The number of primary amides is 1. The van der Waals surface area contributed by atoms with Gasteiger partial charge < -0.3 is 21.1 Å². The molecule has 114 valence electrons. The SMILES string of the molecule is CN(CC(=O)N[C@@H](CC(N)=O)C(=O)O)C(=O)c1cccs1. The Morgan fingerprint density at radius 1 is 1.43 bits per heavy atom. The number of nitrogens with one attached hydrogen (secondary N) is 1. The lowest BCUT2D eigenvalue weighted by Crippen LogP contribution is -2.47. The van der Waals surface area contributed by atoms with E-state index in [2.05, 4.69) is 5.32 Å². The van der Waals surface area contributed by atoms with Crippen LogP contribution in [0.1, 0.15) is 16.1 Å². The Morgan fingerprint density at radius 3 is 2.57 bits per heavy atom. The molecule has 0 fully saturated rings. The van der Waals surface area contributed by atoms with Crippen molar-refractivity contribution in [2.24, 2.45) is 5.73 Å². The van der Waals surface area contributed by atoms with Crippen LogP contribution < -0.4 is 11.1 Å². The van der Waals surface area contributed by atoms with Crippen LogP contribution in [0.25, 0.3) is 0 Å². The summed E-state index contributed by atoms with van der Waals surface area (Å²) in [6, 6.07) is 1.92. The minimum absolute atomic E-state index is 0.320. The summed E-state index contributed by atoms with van der Waals surface area (Å²) in [6.07, 6.45) is -0.510. The Labute approximate surface area is 124 Å². The second-order valence-electron chi connectivity index (χ2n) is 4.27. The van der Waals surface area contributed by atoms with Gasteiger partial charge >= 0.3 is 5.97 Å². The van der Waals surface area contributed by atoms with Crippen molar-refractivity contribution in [1.29, 1.82) is 0 Å². The number of aliphatic carboxylic acids is 1. The quantitative estimate of drug-likeness (QED) is 0.610. The molecule has 9 heteroatoms. The van der Waals surface area contributed by atoms with Crippen LogP contribution >= 0.6 is 11.3 Å². The fraction of sp³-hybridized carbons (Fsp3) is 0.333. The molecular formula is C12H15N3O5S. The summed E-state index contributed by atoms with van der Waals surface area (Å²) in [5.74, 6) is -3.24. The largest absolute Gasteiger partial charge is 0.480 e. The number of nitrogens with two attached hydrogens (primary N) is 1. The molecule has 3 amide bonds. The Balaban J connectivity index is 2.57. The van der Waals surface area contributed by atoms with Crippen molar-refractivity contribution in [2.75, 3.05) is 13.6 Å². The number of amides is 3. The zero-order valence-electron chi connectivity index (χ0n) is 11.2. The number of thiophene rings is 1. The first-order valence-corrected chi connectivity index (χ1v) is 6.78. The average Bonchev–Trinajstić information content (AvgIpc) is 2.89. The molecule has 0 radical (unpaired) electrons. The van der Waals surface area contributed by atoms with Gasteiger partial charge in [-0.05, 0) is 11.4 Å². The van der Waals surface area contributed by atoms with Gasteiger partial charge in [-0.25, -0.2) is 4.79 Å². The number of carboxylic acid groups (broad SMARTS) is 1.